The number of alkyl halides is 3. The predicted molar refractivity (Wildman–Crippen MR) is 122 cm³/mol. The first-order valence-corrected chi connectivity index (χ1v) is 10.8. The topological polar surface area (TPSA) is 94.9 Å². The summed E-state index contributed by atoms with van der Waals surface area (Å²) in [6.45, 7) is 0.234. The van der Waals surface area contributed by atoms with E-state index in [-0.39, 0.29) is 18.0 Å². The molecule has 36 heavy (non-hydrogen) atoms. The van der Waals surface area contributed by atoms with E-state index < -0.39 is 24.1 Å². The van der Waals surface area contributed by atoms with Gasteiger partial charge in [-0.15, -0.1) is 13.2 Å². The molecule has 1 atom stereocenters. The number of nitrogens with zero attached hydrogens (tertiary/aromatic N) is 3. The average Bonchev–Trinajstić information content (AvgIpc) is 3.24. The zero-order valence-electron chi connectivity index (χ0n) is 19.6. The van der Waals surface area contributed by atoms with Crippen molar-refractivity contribution in [3.05, 3.63) is 65.5 Å². The Kier molecular flexibility index (Phi) is 6.77. The molecule has 0 fully saturated rings. The van der Waals surface area contributed by atoms with Crippen molar-refractivity contribution in [1.29, 1.82) is 0 Å². The molecule has 0 saturated carbocycles. The van der Waals surface area contributed by atoms with Crippen LogP contribution in [0.25, 0.3) is 0 Å². The van der Waals surface area contributed by atoms with Gasteiger partial charge >= 0.3 is 6.36 Å². The summed E-state index contributed by atoms with van der Waals surface area (Å²) in [5.74, 6) is -0.775. The molecule has 2 heterocycles. The van der Waals surface area contributed by atoms with Crippen LogP contribution in [0.4, 0.5) is 18.9 Å². The van der Waals surface area contributed by atoms with Crippen molar-refractivity contribution in [1.82, 2.24) is 15.1 Å². The Hall–Kier alpha value is -4.22. The van der Waals surface area contributed by atoms with Crippen LogP contribution in [0.15, 0.2) is 48.7 Å². The van der Waals surface area contributed by atoms with E-state index in [0.717, 1.165) is 6.07 Å². The van der Waals surface area contributed by atoms with E-state index in [1.165, 1.54) is 48.2 Å². The van der Waals surface area contributed by atoms with Gasteiger partial charge in [-0.1, -0.05) is 12.1 Å². The first kappa shape index (κ1) is 24.9. The lowest BCUT2D eigenvalue weighted by atomic mass is 10.0. The maximum absolute atomic E-state index is 13.3. The molecule has 1 aliphatic heterocycles. The molecule has 0 radical (unpaired) electrons. The van der Waals surface area contributed by atoms with Gasteiger partial charge in [0.2, 0.25) is 0 Å². The van der Waals surface area contributed by atoms with Crippen LogP contribution in [-0.4, -0.2) is 48.7 Å². The Morgan fingerprint density at radius 3 is 2.47 bits per heavy atom. The summed E-state index contributed by atoms with van der Waals surface area (Å²) >= 11 is 0. The molecule has 2 aromatic carbocycles. The number of methoxy groups -OCH3 is 2. The molecule has 0 aliphatic carbocycles. The fourth-order valence-corrected chi connectivity index (χ4v) is 4.14. The molecule has 4 rings (SSSR count). The maximum Gasteiger partial charge on any atom is 0.573 e. The minimum Gasteiger partial charge on any atom is -0.493 e. The molecule has 12 heteroatoms. The highest BCUT2D eigenvalue weighted by Crippen LogP contribution is 2.36. The normalized spacial score (nSPS) is 15.2. The summed E-state index contributed by atoms with van der Waals surface area (Å²) < 4.78 is 54.4. The molecule has 0 saturated heterocycles. The van der Waals surface area contributed by atoms with Gasteiger partial charge in [0, 0.05) is 19.2 Å². The number of carbonyl (C=O) groups is 2. The molecule has 190 valence electrons. The van der Waals surface area contributed by atoms with E-state index >= 15 is 0 Å². The third-order valence-electron chi connectivity index (χ3n) is 5.76. The Balaban J connectivity index is 1.59. The lowest BCUT2D eigenvalue weighted by molar-refractivity contribution is -0.274. The van der Waals surface area contributed by atoms with Crippen LogP contribution >= 0.6 is 0 Å². The second kappa shape index (κ2) is 9.80. The van der Waals surface area contributed by atoms with Crippen LogP contribution in [0, 0.1) is 0 Å². The summed E-state index contributed by atoms with van der Waals surface area (Å²) in [5.41, 5.74) is 1.12. The smallest absolute Gasteiger partial charge is 0.493 e. The van der Waals surface area contributed by atoms with Gasteiger partial charge in [-0.2, -0.15) is 5.10 Å². The molecule has 0 bridgehead atoms. The number of anilines is 1. The number of amides is 2. The molecule has 1 unspecified atom stereocenters. The summed E-state index contributed by atoms with van der Waals surface area (Å²) in [5, 5.41) is 6.99. The maximum atomic E-state index is 13.3. The molecule has 0 spiro atoms. The van der Waals surface area contributed by atoms with Gasteiger partial charge in [-0.3, -0.25) is 14.3 Å². The van der Waals surface area contributed by atoms with E-state index in [2.05, 4.69) is 15.2 Å². The number of carbonyl (C=O) groups excluding carboxylic acids is 2. The molecular formula is C24H23F3N4O5. The summed E-state index contributed by atoms with van der Waals surface area (Å²) in [7, 11) is 4.62. The van der Waals surface area contributed by atoms with Gasteiger partial charge in [0.25, 0.3) is 11.8 Å². The van der Waals surface area contributed by atoms with Crippen molar-refractivity contribution in [3.8, 4) is 17.2 Å². The van der Waals surface area contributed by atoms with Crippen molar-refractivity contribution in [2.45, 2.75) is 18.8 Å². The minimum absolute atomic E-state index is 0.234. The van der Waals surface area contributed by atoms with E-state index in [1.54, 1.807) is 25.2 Å². The number of aromatic nitrogens is 2. The Bertz CT molecular complexity index is 1290. The van der Waals surface area contributed by atoms with Gasteiger partial charge in [0.15, 0.2) is 11.5 Å². The molecule has 9 nitrogen and oxygen atoms in total. The molecular weight excluding hydrogens is 481 g/mol. The summed E-state index contributed by atoms with van der Waals surface area (Å²) in [4.78, 5) is 27.8. The zero-order valence-corrected chi connectivity index (χ0v) is 19.6. The van der Waals surface area contributed by atoms with E-state index in [1.807, 2.05) is 0 Å². The number of halogens is 3. The molecule has 1 aliphatic rings. The van der Waals surface area contributed by atoms with E-state index in [4.69, 9.17) is 9.47 Å². The predicted octanol–water partition coefficient (Wildman–Crippen LogP) is 3.86. The number of nitrogens with one attached hydrogen (secondary N) is 1. The third kappa shape index (κ3) is 4.92. The monoisotopic (exact) mass is 504 g/mol. The van der Waals surface area contributed by atoms with Crippen molar-refractivity contribution in [3.63, 3.8) is 0 Å². The van der Waals surface area contributed by atoms with Gasteiger partial charge in [0.1, 0.15) is 5.75 Å². The second-order valence-corrected chi connectivity index (χ2v) is 7.92. The lowest BCUT2D eigenvalue weighted by Crippen LogP contribution is -2.41. The van der Waals surface area contributed by atoms with Crippen LogP contribution in [0.5, 0.6) is 17.2 Å². The van der Waals surface area contributed by atoms with Crippen molar-refractivity contribution < 1.29 is 37.0 Å². The Morgan fingerprint density at radius 1 is 1.06 bits per heavy atom. The number of hydrogen-bond acceptors (Lipinski definition) is 6. The van der Waals surface area contributed by atoms with Crippen LogP contribution in [0.2, 0.25) is 0 Å². The Morgan fingerprint density at radius 2 is 1.78 bits per heavy atom. The third-order valence-corrected chi connectivity index (χ3v) is 5.76. The van der Waals surface area contributed by atoms with E-state index in [0.29, 0.717) is 34.9 Å². The number of para-hydroxylation sites is 1. The molecule has 1 aromatic heterocycles. The van der Waals surface area contributed by atoms with Gasteiger partial charge in [-0.25, -0.2) is 0 Å². The standard InChI is InChI=1S/C24H23F3N4O5/c1-30-21-16(29-22(32)15-6-4-5-7-18(15)36-24(25,26)27)10-11-31(17(21)13-28-30)23(33)14-8-9-19(34-2)20(12-14)35-3/h4-9,12-13,16H,10-11H2,1-3H3,(H,29,32). The Labute approximate surface area is 204 Å². The lowest BCUT2D eigenvalue weighted by Gasteiger charge is -2.32. The van der Waals surface area contributed by atoms with Gasteiger partial charge in [-0.05, 0) is 36.8 Å². The fraction of sp³-hybridized carbons (Fsp3) is 0.292. The minimum atomic E-state index is -4.94. The summed E-state index contributed by atoms with van der Waals surface area (Å²) in [6.07, 6.45) is -3.13. The first-order chi connectivity index (χ1) is 17.1. The quantitative estimate of drug-likeness (QED) is 0.548. The van der Waals surface area contributed by atoms with Crippen molar-refractivity contribution in [2.24, 2.45) is 7.05 Å². The molecule has 2 amide bonds. The molecule has 1 N–H and O–H groups in total. The highest BCUT2D eigenvalue weighted by atomic mass is 19.4. The second-order valence-electron chi connectivity index (χ2n) is 7.92. The molecule has 3 aromatic rings. The number of benzene rings is 2. The number of ether oxygens (including phenoxy) is 3. The van der Waals surface area contributed by atoms with E-state index in [9.17, 15) is 22.8 Å². The number of fused-ring (bicyclic) bond motifs is 1. The largest absolute Gasteiger partial charge is 0.573 e. The highest BCUT2D eigenvalue weighted by Gasteiger charge is 2.36. The van der Waals surface area contributed by atoms with Crippen molar-refractivity contribution in [2.75, 3.05) is 25.7 Å². The summed E-state index contributed by atoms with van der Waals surface area (Å²) in [6, 6.07) is 9.32. The SMILES string of the molecule is COc1ccc(C(=O)N2CCC(NC(=O)c3ccccc3OC(F)(F)F)c3c2cnn3C)cc1OC. The first-order valence-electron chi connectivity index (χ1n) is 10.8. The highest BCUT2D eigenvalue weighted by molar-refractivity contribution is 6.07. The number of rotatable bonds is 6. The number of aryl methyl sites for hydroxylation is 1. The number of hydrogen-bond donors (Lipinski definition) is 1. The van der Waals surface area contributed by atoms with Crippen LogP contribution < -0.4 is 24.4 Å². The average molecular weight is 504 g/mol. The van der Waals surface area contributed by atoms with Crippen LogP contribution in [0.3, 0.4) is 0 Å². The van der Waals surface area contributed by atoms with Gasteiger partial charge in [0.05, 0.1) is 43.4 Å². The van der Waals surface area contributed by atoms with Crippen LogP contribution in [-0.2, 0) is 7.05 Å². The van der Waals surface area contributed by atoms with Crippen LogP contribution in [0.1, 0.15) is 38.9 Å². The zero-order chi connectivity index (χ0) is 26.0. The fourth-order valence-electron chi connectivity index (χ4n) is 4.14. The van der Waals surface area contributed by atoms with Crippen molar-refractivity contribution >= 4 is 17.5 Å². The van der Waals surface area contributed by atoms with Gasteiger partial charge < -0.3 is 24.4 Å².